The summed E-state index contributed by atoms with van der Waals surface area (Å²) in [5.74, 6) is 1.09. The summed E-state index contributed by atoms with van der Waals surface area (Å²) >= 11 is 0. The first-order valence-corrected chi connectivity index (χ1v) is 23.1. The van der Waals surface area contributed by atoms with Crippen molar-refractivity contribution < 1.29 is 0 Å². The summed E-state index contributed by atoms with van der Waals surface area (Å²) in [6.07, 6.45) is 8.41. The van der Waals surface area contributed by atoms with Gasteiger partial charge in [-0.2, -0.15) is 10.5 Å². The summed E-state index contributed by atoms with van der Waals surface area (Å²) in [6.45, 7) is 0. The second kappa shape index (κ2) is 12.1. The lowest BCUT2D eigenvalue weighted by Crippen LogP contribution is -2.23. The number of rotatable bonds is 2. The minimum absolute atomic E-state index is 0.0862. The van der Waals surface area contributed by atoms with Gasteiger partial charge in [0.1, 0.15) is 0 Å². The van der Waals surface area contributed by atoms with Crippen molar-refractivity contribution in [1.82, 2.24) is 8.80 Å². The smallest absolute Gasteiger partial charge is 0.198 e. The summed E-state index contributed by atoms with van der Waals surface area (Å²) in [5, 5.41) is 28.2. The highest BCUT2D eigenvalue weighted by Gasteiger charge is 2.42. The van der Waals surface area contributed by atoms with Crippen LogP contribution in [-0.2, 0) is 0 Å². The first-order chi connectivity index (χ1) is 31.6. The molecule has 0 N–H and O–H groups in total. The fourth-order valence-electron chi connectivity index (χ4n) is 14.3. The Morgan fingerprint density at radius 2 is 0.766 bits per heavy atom. The molecule has 2 fully saturated rings. The molecule has 17 rings (SSSR count). The quantitative estimate of drug-likeness (QED) is 0.128. The van der Waals surface area contributed by atoms with E-state index in [2.05, 4.69) is 81.6 Å². The third kappa shape index (κ3) is 4.03. The second-order valence-corrected chi connectivity index (χ2v) is 19.3. The largest absolute Gasteiger partial charge is 0.308 e. The van der Waals surface area contributed by atoms with Gasteiger partial charge in [0.25, 0.3) is 0 Å². The molecule has 6 heteroatoms. The Kier molecular flexibility index (Phi) is 6.63. The van der Waals surface area contributed by atoms with Crippen LogP contribution in [0.3, 0.4) is 0 Å². The van der Waals surface area contributed by atoms with E-state index < -0.39 is 0 Å². The van der Waals surface area contributed by atoms with Crippen LogP contribution >= 0.6 is 0 Å². The van der Waals surface area contributed by atoms with Crippen LogP contribution in [-0.4, -0.2) is 8.80 Å². The lowest BCUT2D eigenvalue weighted by molar-refractivity contribution is 0.360. The van der Waals surface area contributed by atoms with Crippen molar-refractivity contribution in [1.29, 1.82) is 10.5 Å². The zero-order valence-corrected chi connectivity index (χ0v) is 35.0. The zero-order chi connectivity index (χ0) is 42.3. The molecule has 7 aromatic carbocycles. The summed E-state index contributed by atoms with van der Waals surface area (Å²) in [4.78, 5) is 32.7. The Balaban J connectivity index is 1.33. The molecule has 6 aliphatic carbocycles. The fraction of sp³-hybridized carbons (Fsp3) is 0.207. The van der Waals surface area contributed by atoms with Crippen molar-refractivity contribution in [3.63, 3.8) is 0 Å². The van der Waals surface area contributed by atoms with Crippen LogP contribution in [0.15, 0.2) is 119 Å². The lowest BCUT2D eigenvalue weighted by Gasteiger charge is -2.40. The van der Waals surface area contributed by atoms with Crippen LogP contribution in [0.4, 0.5) is 0 Å². The first kappa shape index (κ1) is 35.0. The molecule has 2 saturated carbocycles. The third-order valence-corrected chi connectivity index (χ3v) is 16.6. The number of fused-ring (bicyclic) bond motifs is 16. The Morgan fingerprint density at radius 1 is 0.391 bits per heavy atom. The fourth-order valence-corrected chi connectivity index (χ4v) is 14.3. The molecule has 11 aromatic rings. The highest BCUT2D eigenvalue weighted by molar-refractivity contribution is 6.40. The molecule has 64 heavy (non-hydrogen) atoms. The summed E-state index contributed by atoms with van der Waals surface area (Å²) in [6, 6.07) is 42.2. The number of benzene rings is 7. The van der Waals surface area contributed by atoms with Crippen LogP contribution in [0, 0.1) is 22.7 Å². The van der Waals surface area contributed by atoms with Crippen LogP contribution in [0.1, 0.15) is 108 Å². The molecule has 0 spiro atoms. The molecule has 302 valence electrons. The number of aromatic nitrogens is 2. The topological polar surface area (TPSA) is 90.5 Å². The molecule has 0 unspecified atom stereocenters. The molecular weight excluding hydrogens is 785 g/mol. The SMILES string of the molecule is N#Cc1cc2c(c3c1C1CCC3CC1)c1c3c(=O)c4c(-c5ccccc5)cccc4n4c5cccc(-c6ccccc6)c5c(=O)c(c5c6c7c(c(C#N)cc6n2c15)C1CCC7CC1)c34. The molecule has 6 nitrogen and oxygen atoms in total. The normalized spacial score (nSPS) is 20.1. The van der Waals surface area contributed by atoms with Crippen LogP contribution in [0.5, 0.6) is 0 Å². The molecule has 4 bridgehead atoms. The van der Waals surface area contributed by atoms with Gasteiger partial charge in [-0.15, -0.1) is 0 Å². The van der Waals surface area contributed by atoms with Crippen molar-refractivity contribution in [2.75, 3.05) is 0 Å². The molecule has 0 saturated heterocycles. The monoisotopic (exact) mass is 822 g/mol. The zero-order valence-electron chi connectivity index (χ0n) is 35.0. The van der Waals surface area contributed by atoms with Crippen LogP contribution in [0.25, 0.3) is 98.4 Å². The Labute approximate surface area is 366 Å². The van der Waals surface area contributed by atoms with Crippen LogP contribution in [0.2, 0.25) is 0 Å². The van der Waals surface area contributed by atoms with Gasteiger partial charge < -0.3 is 8.80 Å². The van der Waals surface area contributed by atoms with E-state index in [1.165, 1.54) is 11.1 Å². The van der Waals surface area contributed by atoms with Crippen molar-refractivity contribution in [2.24, 2.45) is 0 Å². The number of nitrogens with zero attached hydrogens (tertiary/aromatic N) is 4. The van der Waals surface area contributed by atoms with Crippen molar-refractivity contribution in [3.8, 4) is 34.4 Å². The summed E-state index contributed by atoms with van der Waals surface area (Å²) in [7, 11) is 0. The van der Waals surface area contributed by atoms with Gasteiger partial charge >= 0.3 is 0 Å². The maximum absolute atomic E-state index is 16.4. The average Bonchev–Trinajstić information content (AvgIpc) is 3.88. The summed E-state index contributed by atoms with van der Waals surface area (Å²) < 4.78 is 4.56. The summed E-state index contributed by atoms with van der Waals surface area (Å²) in [5.41, 5.74) is 14.5. The standard InChI is InChI=1S/C58H38N4O2/c59-27-35-25-41-49(45-33-21-17-31(18-22-33)43(35)45)51-53-56-54(52-50-42(62(41)55(51)52)26-36(28-60)44-32-19-23-34(24-20-32)46(44)50)58(64)48-38(30-11-5-2-6-12-30)14-8-16-40(48)61(56)39-15-7-13-37(47(39)57(53)63)29-9-3-1-4-10-29/h1-16,25-26,31-34H,17-24H2. The van der Waals surface area contributed by atoms with Gasteiger partial charge in [0, 0.05) is 21.5 Å². The lowest BCUT2D eigenvalue weighted by atomic mass is 9.64. The van der Waals surface area contributed by atoms with E-state index in [1.807, 2.05) is 48.5 Å². The minimum Gasteiger partial charge on any atom is -0.308 e. The minimum atomic E-state index is -0.0862. The Bertz CT molecular complexity index is 3890. The van der Waals surface area contributed by atoms with Gasteiger partial charge in [0.05, 0.1) is 77.9 Å². The van der Waals surface area contributed by atoms with Gasteiger partial charge in [0.15, 0.2) is 10.9 Å². The molecule has 0 atom stereocenters. The van der Waals surface area contributed by atoms with Crippen LogP contribution < -0.4 is 10.9 Å². The van der Waals surface area contributed by atoms with E-state index >= 15 is 9.59 Å². The molecule has 0 radical (unpaired) electrons. The number of pyridine rings is 2. The predicted octanol–water partition coefficient (Wildman–Crippen LogP) is 13.3. The first-order valence-electron chi connectivity index (χ1n) is 23.1. The van der Waals surface area contributed by atoms with E-state index in [0.717, 1.165) is 134 Å². The number of hydrogen-bond acceptors (Lipinski definition) is 4. The van der Waals surface area contributed by atoms with E-state index in [4.69, 9.17) is 0 Å². The molecule has 4 heterocycles. The van der Waals surface area contributed by atoms with Crippen molar-refractivity contribution in [3.05, 3.63) is 163 Å². The molecule has 0 aliphatic heterocycles. The molecule has 6 aliphatic rings. The maximum atomic E-state index is 16.4. The Morgan fingerprint density at radius 3 is 1.17 bits per heavy atom. The highest BCUT2D eigenvalue weighted by Crippen LogP contribution is 2.59. The molecule has 4 aromatic heterocycles. The van der Waals surface area contributed by atoms with Gasteiger partial charge in [-0.05, 0) is 144 Å². The highest BCUT2D eigenvalue weighted by atomic mass is 16.1. The third-order valence-electron chi connectivity index (χ3n) is 16.6. The van der Waals surface area contributed by atoms with E-state index in [9.17, 15) is 10.5 Å². The van der Waals surface area contributed by atoms with E-state index in [0.29, 0.717) is 38.2 Å². The van der Waals surface area contributed by atoms with Gasteiger partial charge in [-0.25, -0.2) is 0 Å². The predicted molar refractivity (Wildman–Crippen MR) is 257 cm³/mol. The van der Waals surface area contributed by atoms with Crippen molar-refractivity contribution in [2.45, 2.75) is 75.0 Å². The van der Waals surface area contributed by atoms with Gasteiger partial charge in [-0.3, -0.25) is 9.59 Å². The maximum Gasteiger partial charge on any atom is 0.198 e. The van der Waals surface area contributed by atoms with E-state index in [-0.39, 0.29) is 34.5 Å². The Hall–Kier alpha value is -7.54. The van der Waals surface area contributed by atoms with Gasteiger partial charge in [0.2, 0.25) is 0 Å². The number of hydrogen-bond donors (Lipinski definition) is 0. The number of nitriles is 2. The average molecular weight is 823 g/mol. The molecule has 0 amide bonds. The second-order valence-electron chi connectivity index (χ2n) is 19.3. The molecular formula is C58H38N4O2. The van der Waals surface area contributed by atoms with Crippen molar-refractivity contribution >= 4 is 76.2 Å². The van der Waals surface area contributed by atoms with E-state index in [1.54, 1.807) is 0 Å². The van der Waals surface area contributed by atoms with Gasteiger partial charge in [-0.1, -0.05) is 84.9 Å².